The first-order valence-electron chi connectivity index (χ1n) is 7.05. The highest BCUT2D eigenvalue weighted by Crippen LogP contribution is 2.32. The maximum Gasteiger partial charge on any atom is 0.315 e. The number of benzene rings is 1. The number of ether oxygens (including phenoxy) is 1. The van der Waals surface area contributed by atoms with Crippen LogP contribution in [0.5, 0.6) is 0 Å². The van der Waals surface area contributed by atoms with E-state index in [-0.39, 0.29) is 11.9 Å². The summed E-state index contributed by atoms with van der Waals surface area (Å²) in [5.74, 6) is 0.0304. The van der Waals surface area contributed by atoms with Crippen LogP contribution in [0.1, 0.15) is 43.7 Å². The normalized spacial score (nSPS) is 12.8. The van der Waals surface area contributed by atoms with Gasteiger partial charge in [0.25, 0.3) is 0 Å². The summed E-state index contributed by atoms with van der Waals surface area (Å²) in [6, 6.07) is 6.21. The summed E-state index contributed by atoms with van der Waals surface area (Å²) in [6.45, 7) is 8.53. The molecule has 0 N–H and O–H groups in total. The molecule has 0 saturated carbocycles. The van der Waals surface area contributed by atoms with Gasteiger partial charge in [-0.25, -0.2) is 4.98 Å². The second-order valence-electron chi connectivity index (χ2n) is 5.46. The Labute approximate surface area is 124 Å². The molecule has 4 heteroatoms. The number of esters is 1. The topological polar surface area (TPSA) is 39.2 Å². The predicted molar refractivity (Wildman–Crippen MR) is 83.2 cm³/mol. The van der Waals surface area contributed by atoms with Crippen molar-refractivity contribution in [2.45, 2.75) is 40.0 Å². The molecule has 1 unspecified atom stereocenters. The summed E-state index contributed by atoms with van der Waals surface area (Å²) >= 11 is 1.60. The van der Waals surface area contributed by atoms with Gasteiger partial charge in [0.2, 0.25) is 0 Å². The Balaban J connectivity index is 2.36. The fraction of sp³-hybridized carbons (Fsp3) is 0.500. The zero-order valence-corrected chi connectivity index (χ0v) is 13.3. The molecule has 0 saturated heterocycles. The monoisotopic (exact) mass is 291 g/mol. The van der Waals surface area contributed by atoms with E-state index in [1.165, 1.54) is 5.56 Å². The Morgan fingerprint density at radius 3 is 2.80 bits per heavy atom. The second-order valence-corrected chi connectivity index (χ2v) is 6.52. The van der Waals surface area contributed by atoms with E-state index in [9.17, 15) is 4.79 Å². The van der Waals surface area contributed by atoms with Crippen molar-refractivity contribution < 1.29 is 9.53 Å². The van der Waals surface area contributed by atoms with Crippen molar-refractivity contribution in [3.8, 4) is 0 Å². The van der Waals surface area contributed by atoms with Crippen molar-refractivity contribution >= 4 is 27.5 Å². The Hall–Kier alpha value is -1.42. The van der Waals surface area contributed by atoms with Gasteiger partial charge in [0.1, 0.15) is 10.9 Å². The van der Waals surface area contributed by atoms with E-state index in [0.29, 0.717) is 12.5 Å². The maximum atomic E-state index is 12.2. The molecule has 108 valence electrons. The Kier molecular flexibility index (Phi) is 4.76. The molecular weight excluding hydrogens is 270 g/mol. The van der Waals surface area contributed by atoms with Crippen LogP contribution in [0.15, 0.2) is 18.2 Å². The Morgan fingerprint density at radius 2 is 2.15 bits per heavy atom. The van der Waals surface area contributed by atoms with Gasteiger partial charge in [0, 0.05) is 0 Å². The Morgan fingerprint density at radius 1 is 1.40 bits per heavy atom. The maximum absolute atomic E-state index is 12.2. The minimum absolute atomic E-state index is 0.156. The molecule has 20 heavy (non-hydrogen) atoms. The summed E-state index contributed by atoms with van der Waals surface area (Å²) in [7, 11) is 0. The van der Waals surface area contributed by atoms with Gasteiger partial charge in [0.15, 0.2) is 0 Å². The van der Waals surface area contributed by atoms with Gasteiger partial charge in [-0.2, -0.15) is 0 Å². The van der Waals surface area contributed by atoms with Crippen molar-refractivity contribution in [3.05, 3.63) is 28.8 Å². The van der Waals surface area contributed by atoms with Crippen LogP contribution in [0.2, 0.25) is 0 Å². The summed E-state index contributed by atoms with van der Waals surface area (Å²) < 4.78 is 6.34. The summed E-state index contributed by atoms with van der Waals surface area (Å²) in [6.07, 6.45) is 0.775. The van der Waals surface area contributed by atoms with Gasteiger partial charge in [-0.3, -0.25) is 4.79 Å². The first kappa shape index (κ1) is 15.0. The van der Waals surface area contributed by atoms with E-state index in [4.69, 9.17) is 4.74 Å². The van der Waals surface area contributed by atoms with Gasteiger partial charge in [-0.1, -0.05) is 19.9 Å². The number of hydrogen-bond acceptors (Lipinski definition) is 4. The molecule has 0 fully saturated rings. The Bertz CT molecular complexity index is 604. The van der Waals surface area contributed by atoms with Crippen LogP contribution in [0.25, 0.3) is 10.2 Å². The minimum atomic E-state index is -0.243. The number of thiazole rings is 1. The van der Waals surface area contributed by atoms with E-state index in [1.807, 2.05) is 6.92 Å². The highest BCUT2D eigenvalue weighted by molar-refractivity contribution is 7.18. The third-order valence-corrected chi connectivity index (χ3v) is 4.29. The summed E-state index contributed by atoms with van der Waals surface area (Å²) in [5, 5.41) is 0.873. The molecule has 0 bridgehead atoms. The van der Waals surface area contributed by atoms with Crippen LogP contribution in [0.4, 0.5) is 0 Å². The van der Waals surface area contributed by atoms with Crippen LogP contribution in [-0.4, -0.2) is 17.6 Å². The van der Waals surface area contributed by atoms with Crippen molar-refractivity contribution in [2.24, 2.45) is 5.92 Å². The molecule has 3 nitrogen and oxygen atoms in total. The molecule has 1 aromatic carbocycles. The minimum Gasteiger partial charge on any atom is -0.465 e. The average molecular weight is 291 g/mol. The van der Waals surface area contributed by atoms with Gasteiger partial charge in [0.05, 0.1) is 16.8 Å². The van der Waals surface area contributed by atoms with E-state index in [2.05, 4.69) is 44.0 Å². The predicted octanol–water partition coefficient (Wildman–Crippen LogP) is 4.30. The van der Waals surface area contributed by atoms with Crippen LogP contribution in [0, 0.1) is 12.8 Å². The number of carbonyl (C=O) groups is 1. The van der Waals surface area contributed by atoms with Crippen LogP contribution in [-0.2, 0) is 9.53 Å². The quantitative estimate of drug-likeness (QED) is 0.771. The highest BCUT2D eigenvalue weighted by Gasteiger charge is 2.26. The molecule has 2 rings (SSSR count). The molecule has 0 aliphatic carbocycles. The SMILES string of the molecule is CCOC(=O)C(CC(C)C)c1nc2cc(C)ccc2s1. The summed E-state index contributed by atoms with van der Waals surface area (Å²) in [5.41, 5.74) is 2.16. The smallest absolute Gasteiger partial charge is 0.315 e. The average Bonchev–Trinajstić information content (AvgIpc) is 2.78. The third-order valence-electron chi connectivity index (χ3n) is 3.14. The first-order valence-corrected chi connectivity index (χ1v) is 7.86. The third kappa shape index (κ3) is 3.37. The van der Waals surface area contributed by atoms with Crippen molar-refractivity contribution in [1.29, 1.82) is 0 Å². The lowest BCUT2D eigenvalue weighted by atomic mass is 9.98. The van der Waals surface area contributed by atoms with Crippen LogP contribution in [0.3, 0.4) is 0 Å². The lowest BCUT2D eigenvalue weighted by molar-refractivity contribution is -0.145. The number of nitrogens with zero attached hydrogens (tertiary/aromatic N) is 1. The van der Waals surface area contributed by atoms with Crippen LogP contribution >= 0.6 is 11.3 Å². The fourth-order valence-corrected chi connectivity index (χ4v) is 3.27. The van der Waals surface area contributed by atoms with Gasteiger partial charge in [-0.05, 0) is 43.9 Å². The zero-order valence-electron chi connectivity index (χ0n) is 12.5. The molecular formula is C16H21NO2S. The summed E-state index contributed by atoms with van der Waals surface area (Å²) in [4.78, 5) is 16.8. The number of carbonyl (C=O) groups excluding carboxylic acids is 1. The standard InChI is InChI=1S/C16H21NO2S/c1-5-19-16(18)12(8-10(2)3)15-17-13-9-11(4)6-7-14(13)20-15/h6-7,9-10,12H,5,8H2,1-4H3. The van der Waals surface area contributed by atoms with Gasteiger partial charge < -0.3 is 4.74 Å². The van der Waals surface area contributed by atoms with E-state index in [0.717, 1.165) is 21.6 Å². The van der Waals surface area contributed by atoms with Crippen molar-refractivity contribution in [2.75, 3.05) is 6.61 Å². The van der Waals surface area contributed by atoms with Crippen molar-refractivity contribution in [3.63, 3.8) is 0 Å². The largest absolute Gasteiger partial charge is 0.465 e. The molecule has 1 heterocycles. The van der Waals surface area contributed by atoms with Crippen LogP contribution < -0.4 is 0 Å². The molecule has 0 aliphatic heterocycles. The second kappa shape index (κ2) is 6.35. The molecule has 0 spiro atoms. The molecule has 1 atom stereocenters. The number of hydrogen-bond donors (Lipinski definition) is 0. The number of aromatic nitrogens is 1. The molecule has 1 aromatic heterocycles. The fourth-order valence-electron chi connectivity index (χ4n) is 2.22. The molecule has 2 aromatic rings. The molecule has 0 aliphatic rings. The lowest BCUT2D eigenvalue weighted by Crippen LogP contribution is -2.17. The van der Waals surface area contributed by atoms with E-state index >= 15 is 0 Å². The molecule has 0 radical (unpaired) electrons. The zero-order chi connectivity index (χ0) is 14.7. The van der Waals surface area contributed by atoms with E-state index in [1.54, 1.807) is 11.3 Å². The number of aryl methyl sites for hydroxylation is 1. The van der Waals surface area contributed by atoms with Gasteiger partial charge in [-0.15, -0.1) is 11.3 Å². The lowest BCUT2D eigenvalue weighted by Gasteiger charge is -2.14. The van der Waals surface area contributed by atoms with Crippen molar-refractivity contribution in [1.82, 2.24) is 4.98 Å². The van der Waals surface area contributed by atoms with Gasteiger partial charge >= 0.3 is 5.97 Å². The highest BCUT2D eigenvalue weighted by atomic mass is 32.1. The first-order chi connectivity index (χ1) is 9.51. The number of rotatable bonds is 5. The van der Waals surface area contributed by atoms with E-state index < -0.39 is 0 Å². The number of fused-ring (bicyclic) bond motifs is 1. The molecule has 0 amide bonds.